The van der Waals surface area contributed by atoms with Crippen molar-refractivity contribution >= 4 is 17.5 Å². The number of ether oxygens (including phenoxy) is 2. The molecule has 4 nitrogen and oxygen atoms in total. The second kappa shape index (κ2) is 9.18. The SMILES string of the molecule is COc1ccc(OCCCC(=O)N[C@H](C)c2ccc(Cl)cc2)cc1. The molecule has 0 saturated carbocycles. The molecule has 0 saturated heterocycles. The van der Waals surface area contributed by atoms with E-state index in [1.54, 1.807) is 7.11 Å². The first-order valence-electron chi connectivity index (χ1n) is 7.90. The number of carbonyl (C=O) groups excluding carboxylic acids is 1. The van der Waals surface area contributed by atoms with Crippen LogP contribution in [-0.4, -0.2) is 19.6 Å². The summed E-state index contributed by atoms with van der Waals surface area (Å²) in [4.78, 5) is 12.0. The predicted octanol–water partition coefficient (Wildman–Crippen LogP) is 4.39. The van der Waals surface area contributed by atoms with Crippen LogP contribution in [0.25, 0.3) is 0 Å². The lowest BCUT2D eigenvalue weighted by Crippen LogP contribution is -2.26. The standard InChI is InChI=1S/C19H22ClNO3/c1-14(15-5-7-16(20)8-6-15)21-19(22)4-3-13-24-18-11-9-17(23-2)10-12-18/h5-12,14H,3-4,13H2,1-2H3,(H,21,22)/t14-/m1/s1. The maximum absolute atomic E-state index is 12.0. The number of nitrogens with one attached hydrogen (secondary N) is 1. The third-order valence-corrected chi connectivity index (χ3v) is 3.88. The van der Waals surface area contributed by atoms with Crippen molar-refractivity contribution in [3.63, 3.8) is 0 Å². The van der Waals surface area contributed by atoms with Gasteiger partial charge in [-0.05, 0) is 55.3 Å². The van der Waals surface area contributed by atoms with Gasteiger partial charge in [0.1, 0.15) is 11.5 Å². The van der Waals surface area contributed by atoms with Crippen LogP contribution in [0, 0.1) is 0 Å². The number of hydrogen-bond acceptors (Lipinski definition) is 3. The second-order valence-electron chi connectivity index (χ2n) is 5.47. The highest BCUT2D eigenvalue weighted by Gasteiger charge is 2.09. The topological polar surface area (TPSA) is 47.6 Å². The number of benzene rings is 2. The third kappa shape index (κ3) is 5.78. The fourth-order valence-corrected chi connectivity index (χ4v) is 2.37. The summed E-state index contributed by atoms with van der Waals surface area (Å²) in [5, 5.41) is 3.66. The molecule has 1 atom stereocenters. The van der Waals surface area contributed by atoms with Crippen molar-refractivity contribution < 1.29 is 14.3 Å². The van der Waals surface area contributed by atoms with E-state index in [2.05, 4.69) is 5.32 Å². The lowest BCUT2D eigenvalue weighted by molar-refractivity contribution is -0.121. The molecule has 0 aromatic heterocycles. The predicted molar refractivity (Wildman–Crippen MR) is 95.7 cm³/mol. The van der Waals surface area contributed by atoms with Gasteiger partial charge in [-0.3, -0.25) is 4.79 Å². The minimum atomic E-state index is -0.0442. The van der Waals surface area contributed by atoms with Gasteiger partial charge in [0.05, 0.1) is 19.8 Å². The highest BCUT2D eigenvalue weighted by Crippen LogP contribution is 2.18. The van der Waals surface area contributed by atoms with E-state index in [1.807, 2.05) is 55.5 Å². The van der Waals surface area contributed by atoms with Gasteiger partial charge in [-0.2, -0.15) is 0 Å². The monoisotopic (exact) mass is 347 g/mol. The van der Waals surface area contributed by atoms with E-state index in [0.717, 1.165) is 17.1 Å². The summed E-state index contributed by atoms with van der Waals surface area (Å²) in [5.41, 5.74) is 1.03. The zero-order valence-corrected chi connectivity index (χ0v) is 14.7. The third-order valence-electron chi connectivity index (χ3n) is 3.62. The van der Waals surface area contributed by atoms with Crippen molar-refractivity contribution in [1.29, 1.82) is 0 Å². The molecule has 0 aliphatic heterocycles. The number of halogens is 1. The average molecular weight is 348 g/mol. The Balaban J connectivity index is 1.68. The summed E-state index contributed by atoms with van der Waals surface area (Å²) in [6, 6.07) is 14.8. The van der Waals surface area contributed by atoms with E-state index in [4.69, 9.17) is 21.1 Å². The molecule has 2 rings (SSSR count). The van der Waals surface area contributed by atoms with Crippen LogP contribution < -0.4 is 14.8 Å². The van der Waals surface area contributed by atoms with E-state index in [1.165, 1.54) is 0 Å². The highest BCUT2D eigenvalue weighted by molar-refractivity contribution is 6.30. The molecule has 1 N–H and O–H groups in total. The Morgan fingerprint density at radius 2 is 1.71 bits per heavy atom. The van der Waals surface area contributed by atoms with Crippen LogP contribution in [0.3, 0.4) is 0 Å². The summed E-state index contributed by atoms with van der Waals surface area (Å²) < 4.78 is 10.7. The molecular weight excluding hydrogens is 326 g/mol. The van der Waals surface area contributed by atoms with E-state index in [0.29, 0.717) is 24.5 Å². The number of methoxy groups -OCH3 is 1. The summed E-state index contributed by atoms with van der Waals surface area (Å²) in [6.45, 7) is 2.45. The van der Waals surface area contributed by atoms with Gasteiger partial charge >= 0.3 is 0 Å². The van der Waals surface area contributed by atoms with Gasteiger partial charge in [0.2, 0.25) is 5.91 Å². The zero-order valence-electron chi connectivity index (χ0n) is 13.9. The molecule has 0 spiro atoms. The lowest BCUT2D eigenvalue weighted by atomic mass is 10.1. The van der Waals surface area contributed by atoms with E-state index < -0.39 is 0 Å². The molecular formula is C19H22ClNO3. The van der Waals surface area contributed by atoms with Crippen molar-refractivity contribution in [1.82, 2.24) is 5.32 Å². The average Bonchev–Trinajstić information content (AvgIpc) is 2.59. The van der Waals surface area contributed by atoms with Crippen molar-refractivity contribution in [3.8, 4) is 11.5 Å². The van der Waals surface area contributed by atoms with Crippen LogP contribution >= 0.6 is 11.6 Å². The Hall–Kier alpha value is -2.20. The molecule has 128 valence electrons. The quantitative estimate of drug-likeness (QED) is 0.721. The molecule has 24 heavy (non-hydrogen) atoms. The van der Waals surface area contributed by atoms with Crippen molar-refractivity contribution in [2.75, 3.05) is 13.7 Å². The first-order chi connectivity index (χ1) is 11.6. The zero-order chi connectivity index (χ0) is 17.4. The van der Waals surface area contributed by atoms with Crippen LogP contribution in [0.2, 0.25) is 5.02 Å². The fourth-order valence-electron chi connectivity index (χ4n) is 2.24. The van der Waals surface area contributed by atoms with Crippen molar-refractivity contribution in [3.05, 3.63) is 59.1 Å². The molecule has 0 bridgehead atoms. The maximum atomic E-state index is 12.0. The molecule has 1 amide bonds. The molecule has 2 aromatic rings. The number of carbonyl (C=O) groups is 1. The number of rotatable bonds is 8. The van der Waals surface area contributed by atoms with E-state index in [9.17, 15) is 4.79 Å². The van der Waals surface area contributed by atoms with Crippen LogP contribution in [-0.2, 0) is 4.79 Å². The van der Waals surface area contributed by atoms with Crippen LogP contribution in [0.15, 0.2) is 48.5 Å². The number of hydrogen-bond donors (Lipinski definition) is 1. The summed E-state index contributed by atoms with van der Waals surface area (Å²) in [5.74, 6) is 1.57. The minimum absolute atomic E-state index is 0.00998. The molecule has 0 unspecified atom stereocenters. The number of amides is 1. The Bertz CT molecular complexity index is 641. The fraction of sp³-hybridized carbons (Fsp3) is 0.316. The van der Waals surface area contributed by atoms with Crippen LogP contribution in [0.1, 0.15) is 31.4 Å². The van der Waals surface area contributed by atoms with Gasteiger partial charge in [0.25, 0.3) is 0 Å². The second-order valence-corrected chi connectivity index (χ2v) is 5.90. The first kappa shape index (κ1) is 18.1. The molecule has 5 heteroatoms. The molecule has 0 heterocycles. The maximum Gasteiger partial charge on any atom is 0.220 e. The first-order valence-corrected chi connectivity index (χ1v) is 8.28. The van der Waals surface area contributed by atoms with Gasteiger partial charge in [-0.15, -0.1) is 0 Å². The molecule has 2 aromatic carbocycles. The molecule has 0 radical (unpaired) electrons. The van der Waals surface area contributed by atoms with Crippen molar-refractivity contribution in [2.24, 2.45) is 0 Å². The van der Waals surface area contributed by atoms with Gasteiger partial charge in [0.15, 0.2) is 0 Å². The molecule has 0 aliphatic rings. The minimum Gasteiger partial charge on any atom is -0.497 e. The largest absolute Gasteiger partial charge is 0.497 e. The summed E-state index contributed by atoms with van der Waals surface area (Å²) in [6.07, 6.45) is 1.08. The van der Waals surface area contributed by atoms with Gasteiger partial charge in [-0.1, -0.05) is 23.7 Å². The lowest BCUT2D eigenvalue weighted by Gasteiger charge is -2.14. The smallest absolute Gasteiger partial charge is 0.220 e. The van der Waals surface area contributed by atoms with Crippen LogP contribution in [0.4, 0.5) is 0 Å². The van der Waals surface area contributed by atoms with E-state index in [-0.39, 0.29) is 11.9 Å². The van der Waals surface area contributed by atoms with E-state index >= 15 is 0 Å². The normalized spacial score (nSPS) is 11.6. The Morgan fingerprint density at radius 3 is 2.33 bits per heavy atom. The molecule has 0 fully saturated rings. The van der Waals surface area contributed by atoms with Crippen LogP contribution in [0.5, 0.6) is 11.5 Å². The Kier molecular flexibility index (Phi) is 6.94. The molecule has 0 aliphatic carbocycles. The van der Waals surface area contributed by atoms with Gasteiger partial charge < -0.3 is 14.8 Å². The summed E-state index contributed by atoms with van der Waals surface area (Å²) >= 11 is 5.87. The Labute approximate surface area is 147 Å². The Morgan fingerprint density at radius 1 is 1.08 bits per heavy atom. The highest BCUT2D eigenvalue weighted by atomic mass is 35.5. The van der Waals surface area contributed by atoms with Gasteiger partial charge in [0, 0.05) is 11.4 Å². The van der Waals surface area contributed by atoms with Crippen molar-refractivity contribution in [2.45, 2.75) is 25.8 Å². The summed E-state index contributed by atoms with van der Waals surface area (Å²) in [7, 11) is 1.62. The van der Waals surface area contributed by atoms with Gasteiger partial charge in [-0.25, -0.2) is 0 Å².